The van der Waals surface area contributed by atoms with Crippen LogP contribution in [0.25, 0.3) is 0 Å². The predicted molar refractivity (Wildman–Crippen MR) is 61.8 cm³/mol. The second kappa shape index (κ2) is 6.40. The number of hydrogen-bond donors (Lipinski definition) is 1. The highest BCUT2D eigenvalue weighted by atomic mass is 19.4. The van der Waals surface area contributed by atoms with E-state index in [2.05, 4.69) is 0 Å². The predicted octanol–water partition coefficient (Wildman–Crippen LogP) is 2.51. The maximum absolute atomic E-state index is 12.5. The largest absolute Gasteiger partial charge is 0.481 e. The molecule has 106 valence electrons. The monoisotopic (exact) mass is 277 g/mol. The van der Waals surface area contributed by atoms with Crippen molar-refractivity contribution < 1.29 is 23.1 Å². The third kappa shape index (κ3) is 5.15. The second-order valence-electron chi connectivity index (χ2n) is 4.15. The van der Waals surface area contributed by atoms with Gasteiger partial charge in [-0.1, -0.05) is 6.42 Å². The molecule has 0 radical (unpaired) electrons. The number of pyridine rings is 1. The molecule has 7 heteroatoms. The molecule has 4 nitrogen and oxygen atoms in total. The molecule has 0 unspecified atom stereocenters. The molecule has 0 spiro atoms. The number of unbranched alkanes of at least 4 members (excludes halogenated alkanes) is 2. The number of carbonyl (C=O) groups is 1. The Morgan fingerprint density at radius 2 is 1.89 bits per heavy atom. The van der Waals surface area contributed by atoms with Gasteiger partial charge in [0.05, 0.1) is 5.56 Å². The topological polar surface area (TPSA) is 59.3 Å². The Hall–Kier alpha value is -1.79. The molecule has 19 heavy (non-hydrogen) atoms. The smallest absolute Gasteiger partial charge is 0.417 e. The quantitative estimate of drug-likeness (QED) is 0.813. The van der Waals surface area contributed by atoms with Gasteiger partial charge in [-0.15, -0.1) is 0 Å². The van der Waals surface area contributed by atoms with Crippen molar-refractivity contribution >= 4 is 5.97 Å². The van der Waals surface area contributed by atoms with Crippen LogP contribution >= 0.6 is 0 Å². The summed E-state index contributed by atoms with van der Waals surface area (Å²) in [6.07, 6.45) is -2.19. The van der Waals surface area contributed by atoms with Crippen molar-refractivity contribution in [3.63, 3.8) is 0 Å². The van der Waals surface area contributed by atoms with Crippen LogP contribution in [-0.2, 0) is 17.5 Å². The van der Waals surface area contributed by atoms with Crippen molar-refractivity contribution in [1.82, 2.24) is 4.57 Å². The molecule has 0 aliphatic heterocycles. The van der Waals surface area contributed by atoms with E-state index in [1.54, 1.807) is 0 Å². The molecule has 1 aromatic heterocycles. The van der Waals surface area contributed by atoms with E-state index in [0.717, 1.165) is 22.9 Å². The number of aryl methyl sites for hydroxylation is 1. The molecule has 0 aliphatic rings. The number of nitrogens with zero attached hydrogens (tertiary/aromatic N) is 1. The third-order valence-electron chi connectivity index (χ3n) is 2.60. The van der Waals surface area contributed by atoms with E-state index in [4.69, 9.17) is 5.11 Å². The van der Waals surface area contributed by atoms with E-state index < -0.39 is 23.3 Å². The summed E-state index contributed by atoms with van der Waals surface area (Å²) in [6.45, 7) is 0.155. The first-order valence-corrected chi connectivity index (χ1v) is 5.80. The van der Waals surface area contributed by atoms with Crippen molar-refractivity contribution in [3.05, 3.63) is 34.2 Å². The zero-order chi connectivity index (χ0) is 14.5. The van der Waals surface area contributed by atoms with Gasteiger partial charge in [0.15, 0.2) is 0 Å². The van der Waals surface area contributed by atoms with E-state index >= 15 is 0 Å². The van der Waals surface area contributed by atoms with Gasteiger partial charge in [0.25, 0.3) is 5.56 Å². The van der Waals surface area contributed by atoms with Gasteiger partial charge >= 0.3 is 12.1 Å². The first-order valence-electron chi connectivity index (χ1n) is 5.80. The molecular formula is C12H14F3NO3. The van der Waals surface area contributed by atoms with Gasteiger partial charge < -0.3 is 9.67 Å². The van der Waals surface area contributed by atoms with Crippen LogP contribution in [0.5, 0.6) is 0 Å². The number of aromatic nitrogens is 1. The third-order valence-corrected chi connectivity index (χ3v) is 2.60. The molecule has 0 aliphatic carbocycles. The lowest BCUT2D eigenvalue weighted by Crippen LogP contribution is -2.21. The summed E-state index contributed by atoms with van der Waals surface area (Å²) < 4.78 is 38.4. The molecule has 1 aromatic rings. The average molecular weight is 277 g/mol. The number of halogens is 3. The fourth-order valence-corrected chi connectivity index (χ4v) is 1.61. The SMILES string of the molecule is O=C(O)CCCCCn1cc(C(F)(F)F)ccc1=O. The van der Waals surface area contributed by atoms with Gasteiger partial charge in [-0.3, -0.25) is 9.59 Å². The van der Waals surface area contributed by atoms with E-state index in [1.807, 2.05) is 0 Å². The highest BCUT2D eigenvalue weighted by molar-refractivity contribution is 5.66. The molecule has 0 saturated carbocycles. The summed E-state index contributed by atoms with van der Waals surface area (Å²) >= 11 is 0. The Morgan fingerprint density at radius 3 is 2.47 bits per heavy atom. The van der Waals surface area contributed by atoms with Crippen LogP contribution in [0.4, 0.5) is 13.2 Å². The Balaban J connectivity index is 2.58. The Kier molecular flexibility index (Phi) is 5.14. The van der Waals surface area contributed by atoms with Gasteiger partial charge in [-0.25, -0.2) is 0 Å². The van der Waals surface area contributed by atoms with Crippen molar-refractivity contribution in [2.45, 2.75) is 38.4 Å². The van der Waals surface area contributed by atoms with Gasteiger partial charge in [-0.05, 0) is 18.9 Å². The van der Waals surface area contributed by atoms with Gasteiger partial charge in [-0.2, -0.15) is 13.2 Å². The van der Waals surface area contributed by atoms with Crippen molar-refractivity contribution in [2.24, 2.45) is 0 Å². The standard InChI is InChI=1S/C12H14F3NO3/c13-12(14,15)9-5-6-10(17)16(8-9)7-3-1-2-4-11(18)19/h5-6,8H,1-4,7H2,(H,18,19). The zero-order valence-electron chi connectivity index (χ0n) is 10.1. The van der Waals surface area contributed by atoms with Gasteiger partial charge in [0, 0.05) is 25.2 Å². The number of hydrogen-bond acceptors (Lipinski definition) is 2. The summed E-state index contributed by atoms with van der Waals surface area (Å²) in [5.41, 5.74) is -1.36. The molecule has 1 N–H and O–H groups in total. The van der Waals surface area contributed by atoms with Gasteiger partial charge in [0.2, 0.25) is 0 Å². The number of carboxylic acids is 1. The van der Waals surface area contributed by atoms with Crippen LogP contribution in [0.1, 0.15) is 31.2 Å². The van der Waals surface area contributed by atoms with E-state index in [-0.39, 0.29) is 13.0 Å². The molecule has 0 saturated heterocycles. The fourth-order valence-electron chi connectivity index (χ4n) is 1.61. The Morgan fingerprint density at radius 1 is 1.21 bits per heavy atom. The summed E-state index contributed by atoms with van der Waals surface area (Å²) in [6, 6.07) is 1.64. The first kappa shape index (κ1) is 15.3. The minimum atomic E-state index is -4.47. The van der Waals surface area contributed by atoms with Crippen molar-refractivity contribution in [2.75, 3.05) is 0 Å². The maximum Gasteiger partial charge on any atom is 0.417 e. The first-order chi connectivity index (χ1) is 8.80. The van der Waals surface area contributed by atoms with Crippen LogP contribution in [-0.4, -0.2) is 15.6 Å². The Labute approximate surface area is 107 Å². The maximum atomic E-state index is 12.5. The number of rotatable bonds is 6. The van der Waals surface area contributed by atoms with Crippen LogP contribution in [0.15, 0.2) is 23.1 Å². The van der Waals surface area contributed by atoms with Gasteiger partial charge in [0.1, 0.15) is 0 Å². The molecule has 0 bridgehead atoms. The second-order valence-corrected chi connectivity index (χ2v) is 4.15. The van der Waals surface area contributed by atoms with Crippen LogP contribution < -0.4 is 5.56 Å². The van der Waals surface area contributed by atoms with E-state index in [0.29, 0.717) is 19.3 Å². The summed E-state index contributed by atoms with van der Waals surface area (Å²) in [5.74, 6) is -0.906. The molecule has 0 amide bonds. The fraction of sp³-hybridized carbons (Fsp3) is 0.500. The normalized spacial score (nSPS) is 11.5. The summed E-state index contributed by atoms with van der Waals surface area (Å²) in [4.78, 5) is 21.6. The van der Waals surface area contributed by atoms with Crippen LogP contribution in [0, 0.1) is 0 Å². The number of alkyl halides is 3. The molecule has 1 rings (SSSR count). The number of aliphatic carboxylic acids is 1. The molecule has 0 fully saturated rings. The minimum Gasteiger partial charge on any atom is -0.481 e. The lowest BCUT2D eigenvalue weighted by molar-refractivity contribution is -0.138. The lowest BCUT2D eigenvalue weighted by atomic mass is 10.2. The summed E-state index contributed by atoms with van der Waals surface area (Å²) in [5, 5.41) is 8.42. The van der Waals surface area contributed by atoms with E-state index in [1.165, 1.54) is 0 Å². The summed E-state index contributed by atoms with van der Waals surface area (Å²) in [7, 11) is 0. The number of carboxylic acid groups (broad SMARTS) is 1. The van der Waals surface area contributed by atoms with Crippen LogP contribution in [0.2, 0.25) is 0 Å². The highest BCUT2D eigenvalue weighted by Gasteiger charge is 2.30. The lowest BCUT2D eigenvalue weighted by Gasteiger charge is -2.10. The van der Waals surface area contributed by atoms with E-state index in [9.17, 15) is 22.8 Å². The molecule has 1 heterocycles. The molecular weight excluding hydrogens is 263 g/mol. The highest BCUT2D eigenvalue weighted by Crippen LogP contribution is 2.28. The Bertz CT molecular complexity index is 494. The minimum absolute atomic E-state index is 0.0253. The van der Waals surface area contributed by atoms with Crippen molar-refractivity contribution in [1.29, 1.82) is 0 Å². The zero-order valence-corrected chi connectivity index (χ0v) is 10.1. The average Bonchev–Trinajstić information content (AvgIpc) is 2.29. The van der Waals surface area contributed by atoms with Crippen molar-refractivity contribution in [3.8, 4) is 0 Å². The van der Waals surface area contributed by atoms with Crippen LogP contribution in [0.3, 0.4) is 0 Å². The molecule has 0 atom stereocenters. The molecule has 0 aromatic carbocycles.